The number of ether oxygens (including phenoxy) is 1. The zero-order chi connectivity index (χ0) is 11.0. The van der Waals surface area contributed by atoms with E-state index in [-0.39, 0.29) is 0 Å². The Labute approximate surface area is 94.8 Å². The quantitative estimate of drug-likeness (QED) is 0.766. The predicted octanol–water partition coefficient (Wildman–Crippen LogP) is 2.14. The van der Waals surface area contributed by atoms with Crippen LogP contribution in [0.15, 0.2) is 24.3 Å². The second kappa shape index (κ2) is 3.92. The van der Waals surface area contributed by atoms with E-state index in [1.54, 1.807) is 0 Å². The molecule has 2 heterocycles. The van der Waals surface area contributed by atoms with Crippen LogP contribution in [0.4, 0.5) is 0 Å². The van der Waals surface area contributed by atoms with Crippen molar-refractivity contribution in [1.29, 1.82) is 0 Å². The van der Waals surface area contributed by atoms with Gasteiger partial charge < -0.3 is 15.0 Å². The van der Waals surface area contributed by atoms with Gasteiger partial charge in [0, 0.05) is 23.1 Å². The molecule has 0 amide bonds. The van der Waals surface area contributed by atoms with E-state index in [4.69, 9.17) is 4.74 Å². The molecule has 2 aromatic rings. The molecule has 2 N–H and O–H groups in total. The van der Waals surface area contributed by atoms with Gasteiger partial charge in [-0.1, -0.05) is 18.2 Å². The Morgan fingerprint density at radius 2 is 2.19 bits per heavy atom. The topological polar surface area (TPSA) is 37.0 Å². The van der Waals surface area contributed by atoms with Crippen molar-refractivity contribution in [2.24, 2.45) is 0 Å². The molecule has 0 spiro atoms. The summed E-state index contributed by atoms with van der Waals surface area (Å²) in [5.74, 6) is 0. The van der Waals surface area contributed by atoms with Crippen LogP contribution in [0.2, 0.25) is 0 Å². The van der Waals surface area contributed by atoms with Gasteiger partial charge in [0.05, 0.1) is 19.3 Å². The largest absolute Gasteiger partial charge is 0.378 e. The van der Waals surface area contributed by atoms with Gasteiger partial charge >= 0.3 is 0 Å². The molecular weight excluding hydrogens is 200 g/mol. The Morgan fingerprint density at radius 1 is 1.31 bits per heavy atom. The molecule has 1 aliphatic heterocycles. The Kier molecular flexibility index (Phi) is 2.42. The van der Waals surface area contributed by atoms with Crippen LogP contribution in [0.25, 0.3) is 10.9 Å². The predicted molar refractivity (Wildman–Crippen MR) is 64.6 cm³/mol. The highest BCUT2D eigenvalue weighted by molar-refractivity contribution is 5.85. The fraction of sp³-hybridized carbons (Fsp3) is 0.385. The molecule has 0 bridgehead atoms. The van der Waals surface area contributed by atoms with Crippen LogP contribution in [0.5, 0.6) is 0 Å². The van der Waals surface area contributed by atoms with E-state index >= 15 is 0 Å². The second-order valence-corrected chi connectivity index (χ2v) is 4.29. The van der Waals surface area contributed by atoms with Gasteiger partial charge in [-0.05, 0) is 18.6 Å². The Balaban J connectivity index is 2.10. The standard InChI is InChI=1S/C13H16N2O/c1-9-13(12-8-16-7-6-14-12)10-4-2-3-5-11(10)15-9/h2-5,12,14-15H,6-8H2,1H3/t12-/m1/s1. The summed E-state index contributed by atoms with van der Waals surface area (Å²) >= 11 is 0. The first-order chi connectivity index (χ1) is 7.86. The maximum atomic E-state index is 5.53. The number of aromatic nitrogens is 1. The Morgan fingerprint density at radius 3 is 3.00 bits per heavy atom. The highest BCUT2D eigenvalue weighted by Crippen LogP contribution is 2.28. The molecule has 3 rings (SSSR count). The summed E-state index contributed by atoms with van der Waals surface area (Å²) in [6.07, 6.45) is 0. The van der Waals surface area contributed by atoms with Gasteiger partial charge in [-0.15, -0.1) is 0 Å². The maximum absolute atomic E-state index is 5.53. The van der Waals surface area contributed by atoms with Gasteiger partial charge in [0.25, 0.3) is 0 Å². The lowest BCUT2D eigenvalue weighted by molar-refractivity contribution is 0.0771. The van der Waals surface area contributed by atoms with Gasteiger partial charge in [0.1, 0.15) is 0 Å². The monoisotopic (exact) mass is 216 g/mol. The third-order valence-electron chi connectivity index (χ3n) is 3.21. The number of morpholine rings is 1. The fourth-order valence-electron chi connectivity index (χ4n) is 2.50. The average molecular weight is 216 g/mol. The first-order valence-electron chi connectivity index (χ1n) is 5.74. The minimum Gasteiger partial charge on any atom is -0.378 e. The van der Waals surface area contributed by atoms with E-state index in [0.717, 1.165) is 19.8 Å². The first kappa shape index (κ1) is 9.87. The second-order valence-electron chi connectivity index (χ2n) is 4.29. The van der Waals surface area contributed by atoms with Gasteiger partial charge in [-0.3, -0.25) is 0 Å². The smallest absolute Gasteiger partial charge is 0.0663 e. The summed E-state index contributed by atoms with van der Waals surface area (Å²) in [5.41, 5.74) is 3.81. The molecule has 16 heavy (non-hydrogen) atoms. The lowest BCUT2D eigenvalue weighted by Crippen LogP contribution is -2.34. The summed E-state index contributed by atoms with van der Waals surface area (Å²) in [4.78, 5) is 3.43. The maximum Gasteiger partial charge on any atom is 0.0663 e. The summed E-state index contributed by atoms with van der Waals surface area (Å²) in [7, 11) is 0. The number of fused-ring (bicyclic) bond motifs is 1. The minimum atomic E-state index is 0.324. The summed E-state index contributed by atoms with van der Waals surface area (Å²) in [5, 5.41) is 4.82. The number of aromatic amines is 1. The molecule has 0 saturated carbocycles. The first-order valence-corrected chi connectivity index (χ1v) is 5.74. The molecule has 1 aromatic carbocycles. The Bertz CT molecular complexity index is 498. The number of aryl methyl sites for hydroxylation is 1. The summed E-state index contributed by atoms with van der Waals surface area (Å²) in [6, 6.07) is 8.76. The molecular formula is C13H16N2O. The molecule has 0 aliphatic carbocycles. The molecule has 0 unspecified atom stereocenters. The van der Waals surface area contributed by atoms with Crippen LogP contribution in [-0.2, 0) is 4.74 Å². The van der Waals surface area contributed by atoms with Crippen LogP contribution < -0.4 is 5.32 Å². The summed E-state index contributed by atoms with van der Waals surface area (Å²) in [6.45, 7) is 4.65. The van der Waals surface area contributed by atoms with Crippen LogP contribution in [0.3, 0.4) is 0 Å². The third kappa shape index (κ3) is 1.52. The number of benzene rings is 1. The number of para-hydroxylation sites is 1. The number of hydrogen-bond donors (Lipinski definition) is 2. The van der Waals surface area contributed by atoms with Gasteiger partial charge in [-0.25, -0.2) is 0 Å². The van der Waals surface area contributed by atoms with Gasteiger partial charge in [0.15, 0.2) is 0 Å². The van der Waals surface area contributed by atoms with Crippen molar-refractivity contribution in [1.82, 2.24) is 10.3 Å². The van der Waals surface area contributed by atoms with Crippen LogP contribution >= 0.6 is 0 Å². The Hall–Kier alpha value is -1.32. The number of rotatable bonds is 1. The summed E-state index contributed by atoms with van der Waals surface area (Å²) < 4.78 is 5.53. The number of nitrogens with one attached hydrogen (secondary N) is 2. The van der Waals surface area contributed by atoms with E-state index in [1.807, 2.05) is 0 Å². The van der Waals surface area contributed by atoms with E-state index < -0.39 is 0 Å². The zero-order valence-electron chi connectivity index (χ0n) is 9.42. The molecule has 1 atom stereocenters. The van der Waals surface area contributed by atoms with Crippen molar-refractivity contribution in [3.8, 4) is 0 Å². The molecule has 0 radical (unpaired) electrons. The highest BCUT2D eigenvalue weighted by Gasteiger charge is 2.20. The molecule has 3 heteroatoms. The van der Waals surface area contributed by atoms with Crippen molar-refractivity contribution in [2.45, 2.75) is 13.0 Å². The molecule has 1 aromatic heterocycles. The molecule has 1 fully saturated rings. The van der Waals surface area contributed by atoms with Crippen LogP contribution in [-0.4, -0.2) is 24.7 Å². The highest BCUT2D eigenvalue weighted by atomic mass is 16.5. The molecule has 1 saturated heterocycles. The van der Waals surface area contributed by atoms with E-state index in [9.17, 15) is 0 Å². The van der Waals surface area contributed by atoms with Crippen LogP contribution in [0.1, 0.15) is 17.3 Å². The molecule has 1 aliphatic rings. The minimum absolute atomic E-state index is 0.324. The van der Waals surface area contributed by atoms with Crippen molar-refractivity contribution in [3.63, 3.8) is 0 Å². The van der Waals surface area contributed by atoms with Crippen molar-refractivity contribution >= 4 is 10.9 Å². The zero-order valence-corrected chi connectivity index (χ0v) is 9.42. The van der Waals surface area contributed by atoms with Gasteiger partial charge in [-0.2, -0.15) is 0 Å². The number of hydrogen-bond acceptors (Lipinski definition) is 2. The fourth-order valence-corrected chi connectivity index (χ4v) is 2.50. The van der Waals surface area contributed by atoms with E-state index in [2.05, 4.69) is 41.5 Å². The van der Waals surface area contributed by atoms with E-state index in [0.29, 0.717) is 6.04 Å². The van der Waals surface area contributed by atoms with Crippen molar-refractivity contribution in [2.75, 3.05) is 19.8 Å². The van der Waals surface area contributed by atoms with Crippen molar-refractivity contribution < 1.29 is 4.74 Å². The average Bonchev–Trinajstić information content (AvgIpc) is 2.66. The SMILES string of the molecule is Cc1[nH]c2ccccc2c1[C@H]1COCCN1. The third-order valence-corrected chi connectivity index (χ3v) is 3.21. The van der Waals surface area contributed by atoms with Crippen molar-refractivity contribution in [3.05, 3.63) is 35.5 Å². The normalized spacial score (nSPS) is 21.4. The molecule has 84 valence electrons. The number of H-pyrrole nitrogens is 1. The lowest BCUT2D eigenvalue weighted by Gasteiger charge is -2.24. The lowest BCUT2D eigenvalue weighted by atomic mass is 10.0. The van der Waals surface area contributed by atoms with E-state index in [1.165, 1.54) is 22.2 Å². The van der Waals surface area contributed by atoms with Crippen LogP contribution in [0, 0.1) is 6.92 Å². The van der Waals surface area contributed by atoms with Gasteiger partial charge in [0.2, 0.25) is 0 Å². The molecule has 3 nitrogen and oxygen atoms in total.